The Labute approximate surface area is 346 Å². The number of nitrogens with one attached hydrogen (secondary N) is 2. The fraction of sp³-hybridized carbons (Fsp3) is 0.622. The molecule has 1 heterocycles. The number of hydrogen-bond acceptors (Lipinski definition) is 8. The zero-order valence-electron chi connectivity index (χ0n) is 36.5. The van der Waals surface area contributed by atoms with Gasteiger partial charge >= 0.3 is 6.09 Å². The lowest BCUT2D eigenvalue weighted by Gasteiger charge is -2.40. The summed E-state index contributed by atoms with van der Waals surface area (Å²) in [4.78, 5) is 73.1. The fourth-order valence-electron chi connectivity index (χ4n) is 8.02. The monoisotopic (exact) mass is 807 g/mol. The molecule has 0 bridgehead atoms. The van der Waals surface area contributed by atoms with Gasteiger partial charge in [0.15, 0.2) is 0 Å². The Kier molecular flexibility index (Phi) is 19.0. The molecule has 0 aliphatic carbocycles. The molecule has 1 saturated heterocycles. The quantitative estimate of drug-likeness (QED) is 0.133. The van der Waals surface area contributed by atoms with E-state index in [1.165, 1.54) is 11.9 Å². The SMILES string of the molecule is CC[C@H](C)[C@@H]([C@@H](CC(=O)N1CCC[C@H]1CCC(=O)N[C@H](C)Cc1ccccc1)OC)N(C)C(=O)[C@@H](NC(=O)[C@H](C(C)C)N(C)C(=O)OCc1ccc(N)cc1)C(C)C. The lowest BCUT2D eigenvalue weighted by molar-refractivity contribution is -0.146. The normalized spacial score (nSPS) is 17.2. The van der Waals surface area contributed by atoms with Crippen LogP contribution in [0.2, 0.25) is 0 Å². The molecule has 13 heteroatoms. The van der Waals surface area contributed by atoms with Gasteiger partial charge in [0.25, 0.3) is 0 Å². The van der Waals surface area contributed by atoms with Gasteiger partial charge in [0.05, 0.1) is 18.6 Å². The maximum atomic E-state index is 14.4. The third-order valence-electron chi connectivity index (χ3n) is 11.5. The Hall–Kier alpha value is -4.65. The highest BCUT2D eigenvalue weighted by Crippen LogP contribution is 2.27. The Morgan fingerprint density at radius 2 is 1.53 bits per heavy atom. The molecule has 2 aromatic carbocycles. The van der Waals surface area contributed by atoms with E-state index >= 15 is 0 Å². The lowest BCUT2D eigenvalue weighted by Crippen LogP contribution is -2.60. The molecule has 4 N–H and O–H groups in total. The Morgan fingerprint density at radius 3 is 2.12 bits per heavy atom. The number of carbonyl (C=O) groups excluding carboxylic acids is 5. The van der Waals surface area contributed by atoms with Crippen LogP contribution in [0, 0.1) is 17.8 Å². The first kappa shape index (κ1) is 47.7. The molecule has 5 amide bonds. The molecule has 0 radical (unpaired) electrons. The topological polar surface area (TPSA) is 164 Å². The number of nitrogens with zero attached hydrogens (tertiary/aromatic N) is 3. The third kappa shape index (κ3) is 13.7. The molecule has 322 valence electrons. The number of benzene rings is 2. The van der Waals surface area contributed by atoms with Gasteiger partial charge in [0, 0.05) is 51.9 Å². The molecule has 0 unspecified atom stereocenters. The van der Waals surface area contributed by atoms with Crippen LogP contribution in [0.1, 0.15) is 98.1 Å². The highest BCUT2D eigenvalue weighted by atomic mass is 16.6. The van der Waals surface area contributed by atoms with Crippen molar-refractivity contribution in [3.05, 3.63) is 65.7 Å². The first-order valence-electron chi connectivity index (χ1n) is 20.9. The summed E-state index contributed by atoms with van der Waals surface area (Å²) in [6, 6.07) is 14.7. The summed E-state index contributed by atoms with van der Waals surface area (Å²) in [5.41, 5.74) is 8.29. The average molecular weight is 807 g/mol. The molecular weight excluding hydrogens is 737 g/mol. The molecule has 3 rings (SSSR count). The van der Waals surface area contributed by atoms with Gasteiger partial charge in [-0.25, -0.2) is 4.79 Å². The lowest BCUT2D eigenvalue weighted by atomic mass is 9.89. The number of hydrogen-bond donors (Lipinski definition) is 3. The molecule has 1 aliphatic heterocycles. The number of nitrogens with two attached hydrogens (primary N) is 1. The van der Waals surface area contributed by atoms with Crippen LogP contribution < -0.4 is 16.4 Å². The number of carbonyl (C=O) groups is 5. The van der Waals surface area contributed by atoms with E-state index in [9.17, 15) is 24.0 Å². The van der Waals surface area contributed by atoms with Crippen molar-refractivity contribution < 1.29 is 33.4 Å². The van der Waals surface area contributed by atoms with Crippen LogP contribution in [-0.2, 0) is 41.7 Å². The number of likely N-dealkylation sites (tertiary alicyclic amines) is 1. The summed E-state index contributed by atoms with van der Waals surface area (Å²) in [5, 5.41) is 6.06. The molecule has 1 aliphatic rings. The molecule has 13 nitrogen and oxygen atoms in total. The van der Waals surface area contributed by atoms with E-state index in [1.807, 2.05) is 83.7 Å². The predicted octanol–water partition coefficient (Wildman–Crippen LogP) is 5.80. The van der Waals surface area contributed by atoms with Gasteiger partial charge < -0.3 is 35.6 Å². The van der Waals surface area contributed by atoms with Gasteiger partial charge in [-0.05, 0) is 73.6 Å². The van der Waals surface area contributed by atoms with Crippen LogP contribution in [0.25, 0.3) is 0 Å². The minimum absolute atomic E-state index is 0.00673. The van der Waals surface area contributed by atoms with Gasteiger partial charge in [0.2, 0.25) is 23.6 Å². The Balaban J connectivity index is 1.67. The number of methoxy groups -OCH3 is 1. The van der Waals surface area contributed by atoms with Crippen molar-refractivity contribution >= 4 is 35.4 Å². The Bertz CT molecular complexity index is 1620. The van der Waals surface area contributed by atoms with E-state index in [-0.39, 0.29) is 60.6 Å². The second kappa shape index (κ2) is 23.1. The zero-order valence-corrected chi connectivity index (χ0v) is 36.5. The highest BCUT2D eigenvalue weighted by molar-refractivity contribution is 5.91. The zero-order chi connectivity index (χ0) is 43.1. The smallest absolute Gasteiger partial charge is 0.410 e. The van der Waals surface area contributed by atoms with Crippen LogP contribution in [-0.4, -0.2) is 108 Å². The second-order valence-corrected chi connectivity index (χ2v) is 16.7. The third-order valence-corrected chi connectivity index (χ3v) is 11.5. The molecule has 2 aromatic rings. The number of anilines is 1. The number of amides is 5. The van der Waals surface area contributed by atoms with Gasteiger partial charge in [-0.2, -0.15) is 0 Å². The minimum Gasteiger partial charge on any atom is -0.445 e. The largest absolute Gasteiger partial charge is 0.445 e. The summed E-state index contributed by atoms with van der Waals surface area (Å²) in [7, 11) is 4.78. The van der Waals surface area contributed by atoms with Gasteiger partial charge in [0.1, 0.15) is 18.7 Å². The molecule has 0 spiro atoms. The average Bonchev–Trinajstić information content (AvgIpc) is 3.67. The van der Waals surface area contributed by atoms with E-state index in [1.54, 1.807) is 43.3 Å². The standard InChI is InChI=1S/C45H70N6O7/c1-11-31(6)42(37(57-10)27-39(53)51-25-15-18-36(51)23-24-38(52)47-32(7)26-33-16-13-12-14-17-33)49(8)44(55)40(29(2)3)48-43(54)41(30(4)5)50(9)45(56)58-28-34-19-21-35(46)22-20-34/h12-14,16-17,19-22,29-32,36-37,40-42H,11,15,18,23-28,46H2,1-10H3,(H,47,52)(H,48,54)/t31-,32+,36-,37+,40-,41-,42-/m0/s1. The van der Waals surface area contributed by atoms with Gasteiger partial charge in [-0.3, -0.25) is 24.1 Å². The molecular formula is C45H70N6O7. The summed E-state index contributed by atoms with van der Waals surface area (Å²) < 4.78 is 11.5. The van der Waals surface area contributed by atoms with Crippen molar-refractivity contribution in [2.24, 2.45) is 17.8 Å². The van der Waals surface area contributed by atoms with Crippen molar-refractivity contribution in [1.29, 1.82) is 0 Å². The van der Waals surface area contributed by atoms with Crippen LogP contribution in [0.15, 0.2) is 54.6 Å². The van der Waals surface area contributed by atoms with Gasteiger partial charge in [-0.15, -0.1) is 0 Å². The number of likely N-dealkylation sites (N-methyl/N-ethyl adjacent to an activating group) is 2. The summed E-state index contributed by atoms with van der Waals surface area (Å²) >= 11 is 0. The number of rotatable bonds is 21. The molecule has 0 aromatic heterocycles. The van der Waals surface area contributed by atoms with Crippen LogP contribution >= 0.6 is 0 Å². The Morgan fingerprint density at radius 1 is 0.879 bits per heavy atom. The molecule has 58 heavy (non-hydrogen) atoms. The molecule has 0 saturated carbocycles. The second-order valence-electron chi connectivity index (χ2n) is 16.7. The summed E-state index contributed by atoms with van der Waals surface area (Å²) in [6.07, 6.45) is 2.83. The number of nitrogen functional groups attached to an aromatic ring is 1. The molecule has 1 fully saturated rings. The molecule has 7 atom stereocenters. The van der Waals surface area contributed by atoms with Crippen LogP contribution in [0.3, 0.4) is 0 Å². The van der Waals surface area contributed by atoms with Crippen molar-refractivity contribution in [3.8, 4) is 0 Å². The fourth-order valence-corrected chi connectivity index (χ4v) is 8.02. The van der Waals surface area contributed by atoms with Crippen molar-refractivity contribution in [2.45, 2.75) is 136 Å². The summed E-state index contributed by atoms with van der Waals surface area (Å²) in [5.74, 6) is -1.51. The van der Waals surface area contributed by atoms with Gasteiger partial charge in [-0.1, -0.05) is 90.4 Å². The van der Waals surface area contributed by atoms with E-state index in [2.05, 4.69) is 10.6 Å². The maximum absolute atomic E-state index is 14.4. The van der Waals surface area contributed by atoms with E-state index in [4.69, 9.17) is 15.2 Å². The summed E-state index contributed by atoms with van der Waals surface area (Å²) in [6.45, 7) is 14.1. The minimum atomic E-state index is -0.915. The highest BCUT2D eigenvalue weighted by Gasteiger charge is 2.41. The van der Waals surface area contributed by atoms with Crippen LogP contribution in [0.4, 0.5) is 10.5 Å². The first-order valence-corrected chi connectivity index (χ1v) is 20.9. The number of ether oxygens (including phenoxy) is 2. The maximum Gasteiger partial charge on any atom is 0.410 e. The van der Waals surface area contributed by atoms with Crippen molar-refractivity contribution in [3.63, 3.8) is 0 Å². The van der Waals surface area contributed by atoms with E-state index in [0.29, 0.717) is 25.1 Å². The predicted molar refractivity (Wildman–Crippen MR) is 227 cm³/mol. The van der Waals surface area contributed by atoms with Crippen molar-refractivity contribution in [2.75, 3.05) is 33.5 Å². The van der Waals surface area contributed by atoms with E-state index in [0.717, 1.165) is 36.8 Å². The van der Waals surface area contributed by atoms with Crippen LogP contribution in [0.5, 0.6) is 0 Å². The van der Waals surface area contributed by atoms with E-state index < -0.39 is 36.2 Å². The van der Waals surface area contributed by atoms with Crippen molar-refractivity contribution in [1.82, 2.24) is 25.3 Å². The first-order chi connectivity index (χ1) is 27.5.